The molecule has 6 nitrogen and oxygen atoms in total. The van der Waals surface area contributed by atoms with Gasteiger partial charge in [0.2, 0.25) is 5.95 Å². The number of hydrogen-bond acceptors (Lipinski definition) is 6. The number of anilines is 3. The summed E-state index contributed by atoms with van der Waals surface area (Å²) in [7, 11) is 1.36. The van der Waals surface area contributed by atoms with E-state index in [1.165, 1.54) is 37.4 Å². The molecule has 3 rings (SSSR count). The van der Waals surface area contributed by atoms with Crippen LogP contribution in [0.4, 0.5) is 35.0 Å². The standard InChI is InChI=1S/C22H22F4N4O2/c1-21(2,3)30-20-28-17(13-6-5-7-15(10-13)32-22(24,25)26)12-19(29-20)27-14-8-9-18(31-4)16(23)11-14/h5-12H,1-4H3,(H2,27,28,29,30). The molecule has 0 aliphatic heterocycles. The van der Waals surface area contributed by atoms with Gasteiger partial charge < -0.3 is 20.1 Å². The van der Waals surface area contributed by atoms with Crippen molar-refractivity contribution in [1.29, 1.82) is 0 Å². The van der Waals surface area contributed by atoms with Crippen molar-refractivity contribution >= 4 is 17.5 Å². The Bertz CT molecular complexity index is 1100. The molecule has 0 unspecified atom stereocenters. The molecular formula is C22H22F4N4O2. The van der Waals surface area contributed by atoms with Crippen molar-refractivity contribution in [1.82, 2.24) is 9.97 Å². The van der Waals surface area contributed by atoms with Gasteiger partial charge in [0.1, 0.15) is 11.6 Å². The van der Waals surface area contributed by atoms with Gasteiger partial charge in [-0.15, -0.1) is 13.2 Å². The van der Waals surface area contributed by atoms with Crippen LogP contribution < -0.4 is 20.1 Å². The molecule has 170 valence electrons. The molecule has 0 spiro atoms. The zero-order chi connectivity index (χ0) is 23.5. The van der Waals surface area contributed by atoms with E-state index in [-0.39, 0.29) is 23.0 Å². The fourth-order valence-corrected chi connectivity index (χ4v) is 2.80. The van der Waals surface area contributed by atoms with E-state index in [0.717, 1.165) is 0 Å². The van der Waals surface area contributed by atoms with Gasteiger partial charge in [-0.25, -0.2) is 9.37 Å². The van der Waals surface area contributed by atoms with E-state index in [9.17, 15) is 17.6 Å². The van der Waals surface area contributed by atoms with E-state index < -0.39 is 12.2 Å². The summed E-state index contributed by atoms with van der Waals surface area (Å²) in [5, 5.41) is 6.12. The summed E-state index contributed by atoms with van der Waals surface area (Å²) in [5.74, 6) is -0.278. The predicted octanol–water partition coefficient (Wildman–Crippen LogP) is 6.14. The van der Waals surface area contributed by atoms with E-state index in [4.69, 9.17) is 4.74 Å². The first-order valence-corrected chi connectivity index (χ1v) is 9.56. The first-order valence-electron chi connectivity index (χ1n) is 9.56. The van der Waals surface area contributed by atoms with Crippen molar-refractivity contribution in [2.24, 2.45) is 0 Å². The number of benzene rings is 2. The predicted molar refractivity (Wildman–Crippen MR) is 114 cm³/mol. The molecule has 32 heavy (non-hydrogen) atoms. The average molecular weight is 450 g/mol. The number of nitrogens with one attached hydrogen (secondary N) is 2. The van der Waals surface area contributed by atoms with Crippen LogP contribution in [0.2, 0.25) is 0 Å². The number of methoxy groups -OCH3 is 1. The summed E-state index contributed by atoms with van der Waals surface area (Å²) in [6.45, 7) is 5.73. The van der Waals surface area contributed by atoms with Crippen LogP contribution in [0, 0.1) is 5.82 Å². The second-order valence-electron chi connectivity index (χ2n) is 7.89. The Morgan fingerprint density at radius 2 is 1.69 bits per heavy atom. The van der Waals surface area contributed by atoms with E-state index in [2.05, 4.69) is 25.3 Å². The Hall–Kier alpha value is -3.56. The maximum Gasteiger partial charge on any atom is 0.573 e. The van der Waals surface area contributed by atoms with Crippen LogP contribution in [0.5, 0.6) is 11.5 Å². The van der Waals surface area contributed by atoms with Gasteiger partial charge in [0, 0.05) is 28.9 Å². The Morgan fingerprint density at radius 1 is 0.938 bits per heavy atom. The highest BCUT2D eigenvalue weighted by molar-refractivity contribution is 5.68. The molecule has 1 heterocycles. The van der Waals surface area contributed by atoms with Crippen molar-refractivity contribution < 1.29 is 27.0 Å². The lowest BCUT2D eigenvalue weighted by Gasteiger charge is -2.21. The molecule has 0 bridgehead atoms. The van der Waals surface area contributed by atoms with Crippen LogP contribution in [-0.4, -0.2) is 29.0 Å². The number of nitrogens with zero attached hydrogens (tertiary/aromatic N) is 2. The molecule has 1 aromatic heterocycles. The van der Waals surface area contributed by atoms with Crippen molar-refractivity contribution in [2.75, 3.05) is 17.7 Å². The SMILES string of the molecule is COc1ccc(Nc2cc(-c3cccc(OC(F)(F)F)c3)nc(NC(C)(C)C)n2)cc1F. The van der Waals surface area contributed by atoms with Gasteiger partial charge in [-0.1, -0.05) is 12.1 Å². The molecule has 2 aromatic carbocycles. The first-order chi connectivity index (χ1) is 14.9. The number of hydrogen-bond donors (Lipinski definition) is 2. The third kappa shape index (κ3) is 6.47. The van der Waals surface area contributed by atoms with E-state index in [1.807, 2.05) is 20.8 Å². The van der Waals surface area contributed by atoms with Gasteiger partial charge in [0.25, 0.3) is 0 Å². The van der Waals surface area contributed by atoms with Crippen molar-refractivity contribution in [3.05, 3.63) is 54.3 Å². The van der Waals surface area contributed by atoms with E-state index in [0.29, 0.717) is 22.8 Å². The minimum absolute atomic E-state index is 0.0931. The molecule has 0 saturated carbocycles. The zero-order valence-electron chi connectivity index (χ0n) is 17.8. The summed E-state index contributed by atoms with van der Waals surface area (Å²) < 4.78 is 60.8. The molecule has 0 saturated heterocycles. The highest BCUT2D eigenvalue weighted by Gasteiger charge is 2.31. The molecule has 0 radical (unpaired) electrons. The molecular weight excluding hydrogens is 428 g/mol. The zero-order valence-corrected chi connectivity index (χ0v) is 17.8. The summed E-state index contributed by atoms with van der Waals surface area (Å²) in [6, 6.07) is 11.3. The van der Waals surface area contributed by atoms with Crippen molar-refractivity contribution in [2.45, 2.75) is 32.7 Å². The maximum absolute atomic E-state index is 14.1. The Kier molecular flexibility index (Phi) is 6.42. The highest BCUT2D eigenvalue weighted by atomic mass is 19.4. The molecule has 10 heteroatoms. The van der Waals surface area contributed by atoms with Crippen LogP contribution in [-0.2, 0) is 0 Å². The number of aromatic nitrogens is 2. The third-order valence-electron chi connectivity index (χ3n) is 4.00. The van der Waals surface area contributed by atoms with Gasteiger partial charge in [-0.3, -0.25) is 0 Å². The van der Waals surface area contributed by atoms with Crippen molar-refractivity contribution in [3.63, 3.8) is 0 Å². The molecule has 0 aliphatic carbocycles. The lowest BCUT2D eigenvalue weighted by Crippen LogP contribution is -2.27. The van der Waals surface area contributed by atoms with Crippen LogP contribution in [0.25, 0.3) is 11.3 Å². The Morgan fingerprint density at radius 3 is 2.31 bits per heavy atom. The van der Waals surface area contributed by atoms with Gasteiger partial charge in [0.15, 0.2) is 11.6 Å². The number of alkyl halides is 3. The first kappa shape index (κ1) is 23.1. The van der Waals surface area contributed by atoms with Crippen LogP contribution >= 0.6 is 0 Å². The average Bonchev–Trinajstić information content (AvgIpc) is 2.65. The normalized spacial score (nSPS) is 11.8. The van der Waals surface area contributed by atoms with Crippen LogP contribution in [0.3, 0.4) is 0 Å². The molecule has 0 fully saturated rings. The summed E-state index contributed by atoms with van der Waals surface area (Å²) in [5.41, 5.74) is 0.748. The monoisotopic (exact) mass is 450 g/mol. The molecule has 0 atom stereocenters. The largest absolute Gasteiger partial charge is 0.573 e. The Balaban J connectivity index is 2.00. The number of halogens is 4. The summed E-state index contributed by atoms with van der Waals surface area (Å²) in [6.07, 6.45) is -4.81. The van der Waals surface area contributed by atoms with E-state index in [1.54, 1.807) is 18.2 Å². The smallest absolute Gasteiger partial charge is 0.494 e. The van der Waals surface area contributed by atoms with Gasteiger partial charge in [-0.05, 0) is 45.0 Å². The second-order valence-corrected chi connectivity index (χ2v) is 7.89. The highest BCUT2D eigenvalue weighted by Crippen LogP contribution is 2.30. The minimum atomic E-state index is -4.81. The Labute approximate surface area is 182 Å². The van der Waals surface area contributed by atoms with Gasteiger partial charge in [0.05, 0.1) is 12.8 Å². The van der Waals surface area contributed by atoms with Gasteiger partial charge in [-0.2, -0.15) is 4.98 Å². The maximum atomic E-state index is 14.1. The summed E-state index contributed by atoms with van der Waals surface area (Å²) >= 11 is 0. The lowest BCUT2D eigenvalue weighted by atomic mass is 10.1. The van der Waals surface area contributed by atoms with Gasteiger partial charge >= 0.3 is 6.36 Å². The second kappa shape index (κ2) is 8.89. The quantitative estimate of drug-likeness (QED) is 0.440. The molecule has 3 aromatic rings. The minimum Gasteiger partial charge on any atom is -0.494 e. The number of ether oxygens (including phenoxy) is 2. The van der Waals surface area contributed by atoms with Crippen molar-refractivity contribution in [3.8, 4) is 22.8 Å². The molecule has 2 N–H and O–H groups in total. The van der Waals surface area contributed by atoms with Crippen LogP contribution in [0.1, 0.15) is 20.8 Å². The van der Waals surface area contributed by atoms with Crippen LogP contribution in [0.15, 0.2) is 48.5 Å². The fourth-order valence-electron chi connectivity index (χ4n) is 2.80. The van der Waals surface area contributed by atoms with E-state index >= 15 is 0 Å². The third-order valence-corrected chi connectivity index (χ3v) is 4.00. The molecule has 0 aliphatic rings. The topological polar surface area (TPSA) is 68.3 Å². The fraction of sp³-hybridized carbons (Fsp3) is 0.273. The summed E-state index contributed by atoms with van der Waals surface area (Å²) in [4.78, 5) is 8.82. The lowest BCUT2D eigenvalue weighted by molar-refractivity contribution is -0.274. The number of rotatable bonds is 6. The molecule has 0 amide bonds.